The van der Waals surface area contributed by atoms with Crippen LogP contribution in [0, 0.1) is 0 Å². The van der Waals surface area contributed by atoms with E-state index in [0.29, 0.717) is 16.4 Å². The third-order valence-electron chi connectivity index (χ3n) is 4.62. The summed E-state index contributed by atoms with van der Waals surface area (Å²) in [4.78, 5) is 4.72. The quantitative estimate of drug-likeness (QED) is 0.447. The van der Waals surface area contributed by atoms with Gasteiger partial charge in [-0.3, -0.25) is 0 Å². The Labute approximate surface area is 176 Å². The molecular weight excluding hydrogens is 422 g/mol. The summed E-state index contributed by atoms with van der Waals surface area (Å²) >= 11 is 6.10. The summed E-state index contributed by atoms with van der Waals surface area (Å²) < 4.78 is 27.8. The Hall–Kier alpha value is -3.49. The molecule has 9 heteroatoms. The molecule has 7 nitrogen and oxygen atoms in total. The van der Waals surface area contributed by atoms with Crippen LogP contribution in [0.25, 0.3) is 16.6 Å². The van der Waals surface area contributed by atoms with E-state index >= 15 is 0 Å². The molecular formula is C21H14ClN5O2S. The average molecular weight is 436 g/mol. The second-order valence-electron chi connectivity index (χ2n) is 6.56. The minimum Gasteiger partial charge on any atom is -0.340 e. The number of nitrogens with one attached hydrogen (secondary N) is 1. The van der Waals surface area contributed by atoms with Gasteiger partial charge in [-0.05, 0) is 42.5 Å². The lowest BCUT2D eigenvalue weighted by atomic mass is 10.2. The summed E-state index contributed by atoms with van der Waals surface area (Å²) in [7, 11) is -3.89. The van der Waals surface area contributed by atoms with Crippen LogP contribution in [-0.4, -0.2) is 28.2 Å². The number of fused-ring (bicyclic) bond motifs is 3. The molecule has 148 valence electrons. The minimum absolute atomic E-state index is 0.131. The van der Waals surface area contributed by atoms with Gasteiger partial charge in [-0.15, -0.1) is 5.10 Å². The molecule has 0 saturated carbocycles. The van der Waals surface area contributed by atoms with Crippen LogP contribution in [0.2, 0.25) is 5.02 Å². The second-order valence-corrected chi connectivity index (χ2v) is 8.86. The van der Waals surface area contributed by atoms with Crippen LogP contribution >= 0.6 is 11.6 Å². The molecule has 0 aliphatic rings. The number of halogens is 1. The first-order chi connectivity index (χ1) is 14.5. The van der Waals surface area contributed by atoms with Gasteiger partial charge in [-0.1, -0.05) is 53.2 Å². The van der Waals surface area contributed by atoms with Crippen LogP contribution in [0.4, 0.5) is 11.5 Å². The molecule has 2 heterocycles. The average Bonchev–Trinajstić information content (AvgIpc) is 3.19. The molecule has 0 amide bonds. The van der Waals surface area contributed by atoms with Crippen molar-refractivity contribution in [3.63, 3.8) is 0 Å². The van der Waals surface area contributed by atoms with Crippen molar-refractivity contribution in [1.29, 1.82) is 0 Å². The molecule has 5 rings (SSSR count). The Morgan fingerprint density at radius 3 is 2.47 bits per heavy atom. The number of rotatable bonds is 4. The molecule has 0 aliphatic heterocycles. The van der Waals surface area contributed by atoms with Gasteiger partial charge in [0.25, 0.3) is 0 Å². The van der Waals surface area contributed by atoms with Crippen LogP contribution in [-0.2, 0) is 9.84 Å². The number of para-hydroxylation sites is 1. The van der Waals surface area contributed by atoms with Crippen molar-refractivity contribution < 1.29 is 8.42 Å². The Bertz CT molecular complexity index is 1500. The van der Waals surface area contributed by atoms with Crippen molar-refractivity contribution in [2.45, 2.75) is 9.92 Å². The van der Waals surface area contributed by atoms with Crippen LogP contribution in [0.1, 0.15) is 0 Å². The topological polar surface area (TPSA) is 89.2 Å². The van der Waals surface area contributed by atoms with Gasteiger partial charge in [0.2, 0.25) is 14.9 Å². The van der Waals surface area contributed by atoms with Gasteiger partial charge < -0.3 is 5.32 Å². The predicted octanol–water partition coefficient (Wildman–Crippen LogP) is 4.51. The molecule has 5 aromatic rings. The van der Waals surface area contributed by atoms with Crippen LogP contribution in [0.5, 0.6) is 0 Å². The van der Waals surface area contributed by atoms with Gasteiger partial charge in [0, 0.05) is 16.1 Å². The zero-order valence-electron chi connectivity index (χ0n) is 15.4. The zero-order chi connectivity index (χ0) is 20.7. The van der Waals surface area contributed by atoms with Crippen molar-refractivity contribution in [2.24, 2.45) is 0 Å². The van der Waals surface area contributed by atoms with Crippen LogP contribution < -0.4 is 5.32 Å². The highest BCUT2D eigenvalue weighted by Gasteiger charge is 2.26. The number of anilines is 2. The van der Waals surface area contributed by atoms with Gasteiger partial charge in [-0.2, -0.15) is 4.52 Å². The van der Waals surface area contributed by atoms with Gasteiger partial charge in [0.05, 0.1) is 10.4 Å². The predicted molar refractivity (Wildman–Crippen MR) is 115 cm³/mol. The maximum atomic E-state index is 13.2. The van der Waals surface area contributed by atoms with E-state index in [4.69, 9.17) is 11.6 Å². The van der Waals surface area contributed by atoms with Crippen LogP contribution in [0.3, 0.4) is 0 Å². The molecule has 0 radical (unpaired) electrons. The molecule has 0 atom stereocenters. The van der Waals surface area contributed by atoms with Crippen molar-refractivity contribution >= 4 is 49.5 Å². The molecule has 0 unspecified atom stereocenters. The molecule has 2 aromatic heterocycles. The second kappa shape index (κ2) is 7.08. The normalized spacial score (nSPS) is 11.8. The maximum Gasteiger partial charge on any atom is 0.229 e. The number of sulfone groups is 1. The highest BCUT2D eigenvalue weighted by atomic mass is 35.5. The first kappa shape index (κ1) is 18.5. The van der Waals surface area contributed by atoms with E-state index in [1.54, 1.807) is 30.3 Å². The largest absolute Gasteiger partial charge is 0.340 e. The maximum absolute atomic E-state index is 13.2. The van der Waals surface area contributed by atoms with Gasteiger partial charge in [-0.25, -0.2) is 13.4 Å². The highest BCUT2D eigenvalue weighted by molar-refractivity contribution is 7.91. The van der Waals surface area contributed by atoms with Crippen molar-refractivity contribution in [2.75, 3.05) is 5.32 Å². The minimum atomic E-state index is -3.89. The number of nitrogens with zero attached hydrogens (tertiary/aromatic N) is 4. The van der Waals surface area contributed by atoms with E-state index in [1.165, 1.54) is 16.6 Å². The third kappa shape index (κ3) is 3.06. The molecule has 30 heavy (non-hydrogen) atoms. The number of hydrogen-bond donors (Lipinski definition) is 1. The fourth-order valence-electron chi connectivity index (χ4n) is 3.23. The van der Waals surface area contributed by atoms with Crippen LogP contribution in [0.15, 0.2) is 88.8 Å². The standard InChI is InChI=1S/C21H14ClN5O2S/c22-14-7-6-8-15(13-14)23-19-17-11-4-5-12-18(17)27-20(24-19)21(25-26-27)30(28,29)16-9-2-1-3-10-16/h1-13H,(H,23,24). The van der Waals surface area contributed by atoms with Gasteiger partial charge in [0.15, 0.2) is 5.65 Å². The summed E-state index contributed by atoms with van der Waals surface area (Å²) in [6.07, 6.45) is 0. The molecule has 0 aliphatic carbocycles. The monoisotopic (exact) mass is 435 g/mol. The number of hydrogen-bond acceptors (Lipinski definition) is 6. The summed E-state index contributed by atoms with van der Waals surface area (Å²) in [5, 5.41) is 12.4. The smallest absolute Gasteiger partial charge is 0.229 e. The summed E-state index contributed by atoms with van der Waals surface area (Å²) in [5.74, 6) is 0.479. The Balaban J connectivity index is 1.76. The third-order valence-corrected chi connectivity index (χ3v) is 6.52. The molecule has 0 spiro atoms. The zero-order valence-corrected chi connectivity index (χ0v) is 17.0. The molecule has 0 saturated heterocycles. The first-order valence-electron chi connectivity index (χ1n) is 9.01. The molecule has 1 N–H and O–H groups in total. The SMILES string of the molecule is O=S(=O)(c1ccccc1)c1nnn2c1nc(Nc1cccc(Cl)c1)c1ccccc12. The lowest BCUT2D eigenvalue weighted by molar-refractivity contribution is 0.592. The van der Waals surface area contributed by atoms with Crippen molar-refractivity contribution in [3.05, 3.63) is 83.9 Å². The fraction of sp³-hybridized carbons (Fsp3) is 0. The van der Waals surface area contributed by atoms with Crippen molar-refractivity contribution in [1.82, 2.24) is 19.8 Å². The van der Waals surface area contributed by atoms with E-state index < -0.39 is 9.84 Å². The molecule has 0 fully saturated rings. The van der Waals surface area contributed by atoms with E-state index in [9.17, 15) is 8.42 Å². The molecule has 0 bridgehead atoms. The molecule has 3 aromatic carbocycles. The van der Waals surface area contributed by atoms with Gasteiger partial charge in [0.1, 0.15) is 5.82 Å². The highest BCUT2D eigenvalue weighted by Crippen LogP contribution is 2.30. The lowest BCUT2D eigenvalue weighted by Crippen LogP contribution is -2.05. The fourth-order valence-corrected chi connectivity index (χ4v) is 4.67. The van der Waals surface area contributed by atoms with Crippen molar-refractivity contribution in [3.8, 4) is 0 Å². The summed E-state index contributed by atoms with van der Waals surface area (Å²) in [5.41, 5.74) is 1.54. The van der Waals surface area contributed by atoms with E-state index in [1.807, 2.05) is 36.4 Å². The lowest BCUT2D eigenvalue weighted by Gasteiger charge is -2.11. The number of aromatic nitrogens is 4. The number of benzene rings is 3. The Kier molecular flexibility index (Phi) is 4.38. The summed E-state index contributed by atoms with van der Waals surface area (Å²) in [6, 6.07) is 22.7. The summed E-state index contributed by atoms with van der Waals surface area (Å²) in [6.45, 7) is 0. The van der Waals surface area contributed by atoms with E-state index in [0.717, 1.165) is 11.1 Å². The van der Waals surface area contributed by atoms with Gasteiger partial charge >= 0.3 is 0 Å². The van der Waals surface area contributed by atoms with E-state index in [2.05, 4.69) is 20.6 Å². The van der Waals surface area contributed by atoms with E-state index in [-0.39, 0.29) is 15.6 Å². The Morgan fingerprint density at radius 1 is 0.900 bits per heavy atom. The Morgan fingerprint density at radius 2 is 1.67 bits per heavy atom. The first-order valence-corrected chi connectivity index (χ1v) is 10.9.